The van der Waals surface area contributed by atoms with E-state index in [4.69, 9.17) is 5.11 Å². The zero-order valence-electron chi connectivity index (χ0n) is 11.3. The lowest BCUT2D eigenvalue weighted by Gasteiger charge is -2.20. The molecule has 1 aromatic heterocycles. The number of carbonyl (C=O) groups excluding carboxylic acids is 1. The first-order valence-electron chi connectivity index (χ1n) is 6.57. The number of hydrogen-bond donors (Lipinski definition) is 1. The van der Waals surface area contributed by atoms with Gasteiger partial charge in [0.15, 0.2) is 0 Å². The zero-order valence-corrected chi connectivity index (χ0v) is 12.1. The molecule has 19 heavy (non-hydrogen) atoms. The third-order valence-corrected chi connectivity index (χ3v) is 4.77. The average Bonchev–Trinajstić information content (AvgIpc) is 2.65. The lowest BCUT2D eigenvalue weighted by atomic mass is 10.0. The summed E-state index contributed by atoms with van der Waals surface area (Å²) in [6.07, 6.45) is 2.59. The highest BCUT2D eigenvalue weighted by atomic mass is 32.1. The van der Waals surface area contributed by atoms with Crippen LogP contribution in [0.15, 0.2) is 6.07 Å². The summed E-state index contributed by atoms with van der Waals surface area (Å²) < 4.78 is 0. The second-order valence-corrected chi connectivity index (χ2v) is 6.50. The van der Waals surface area contributed by atoms with Gasteiger partial charge in [-0.1, -0.05) is 6.92 Å². The van der Waals surface area contributed by atoms with Crippen LogP contribution >= 0.6 is 11.3 Å². The van der Waals surface area contributed by atoms with E-state index in [1.54, 1.807) is 6.07 Å². The van der Waals surface area contributed by atoms with Crippen molar-refractivity contribution < 1.29 is 14.7 Å². The minimum Gasteiger partial charge on any atom is -0.477 e. The maximum Gasteiger partial charge on any atom is 0.345 e. The summed E-state index contributed by atoms with van der Waals surface area (Å²) in [6, 6.07) is 1.70. The Balaban J connectivity index is 2.11. The molecule has 0 bridgehead atoms. The van der Waals surface area contributed by atoms with Crippen molar-refractivity contribution in [2.75, 3.05) is 6.54 Å². The molecule has 1 aliphatic heterocycles. The van der Waals surface area contributed by atoms with Crippen molar-refractivity contribution in [2.24, 2.45) is 5.92 Å². The van der Waals surface area contributed by atoms with Crippen LogP contribution in [0.5, 0.6) is 0 Å². The second kappa shape index (κ2) is 5.74. The summed E-state index contributed by atoms with van der Waals surface area (Å²) in [5.41, 5.74) is 0.963. The molecule has 5 heteroatoms. The van der Waals surface area contributed by atoms with Crippen LogP contribution in [-0.2, 0) is 11.3 Å². The quantitative estimate of drug-likeness (QED) is 0.926. The molecule has 1 amide bonds. The average molecular weight is 281 g/mol. The molecule has 2 heterocycles. The Labute approximate surface area is 117 Å². The molecule has 2 rings (SSSR count). The van der Waals surface area contributed by atoms with Crippen LogP contribution in [0.25, 0.3) is 0 Å². The van der Waals surface area contributed by atoms with Gasteiger partial charge in [0.2, 0.25) is 5.91 Å². The summed E-state index contributed by atoms with van der Waals surface area (Å²) in [4.78, 5) is 26.2. The number of carboxylic acid groups (broad SMARTS) is 1. The zero-order chi connectivity index (χ0) is 14.0. The fraction of sp³-hybridized carbons (Fsp3) is 0.571. The summed E-state index contributed by atoms with van der Waals surface area (Å²) in [5.74, 6) is -0.117. The van der Waals surface area contributed by atoms with Crippen molar-refractivity contribution in [3.8, 4) is 0 Å². The number of likely N-dealkylation sites (tertiary alicyclic amines) is 1. The van der Waals surface area contributed by atoms with E-state index in [2.05, 4.69) is 6.92 Å². The Kier molecular flexibility index (Phi) is 4.24. The van der Waals surface area contributed by atoms with Gasteiger partial charge in [-0.05, 0) is 37.3 Å². The number of nitrogens with zero attached hydrogens (tertiary/aromatic N) is 1. The number of hydrogen-bond acceptors (Lipinski definition) is 3. The Hall–Kier alpha value is -1.36. The molecule has 1 atom stereocenters. The molecule has 1 fully saturated rings. The first-order chi connectivity index (χ1) is 8.97. The van der Waals surface area contributed by atoms with Gasteiger partial charge in [-0.2, -0.15) is 0 Å². The number of rotatable bonds is 3. The number of carboxylic acids is 1. The maximum atomic E-state index is 12.0. The number of thiophene rings is 1. The molecule has 1 aliphatic rings. The SMILES string of the molecule is Cc1sc(C(=O)O)cc1CN1CCC(C)CCC1=O. The highest BCUT2D eigenvalue weighted by molar-refractivity contribution is 7.14. The van der Waals surface area contributed by atoms with Crippen molar-refractivity contribution in [1.82, 2.24) is 4.90 Å². The lowest BCUT2D eigenvalue weighted by Crippen LogP contribution is -2.29. The van der Waals surface area contributed by atoms with E-state index in [1.165, 1.54) is 11.3 Å². The topological polar surface area (TPSA) is 57.6 Å². The Morgan fingerprint density at radius 1 is 1.53 bits per heavy atom. The molecule has 1 N–H and O–H groups in total. The van der Waals surface area contributed by atoms with Gasteiger partial charge in [0, 0.05) is 24.4 Å². The van der Waals surface area contributed by atoms with Crippen molar-refractivity contribution in [1.29, 1.82) is 0 Å². The van der Waals surface area contributed by atoms with E-state index in [0.717, 1.165) is 29.8 Å². The minimum absolute atomic E-state index is 0.187. The van der Waals surface area contributed by atoms with Gasteiger partial charge in [-0.25, -0.2) is 4.79 Å². The third-order valence-electron chi connectivity index (χ3n) is 3.69. The number of amides is 1. The van der Waals surface area contributed by atoms with Gasteiger partial charge in [0.1, 0.15) is 4.88 Å². The Bertz CT molecular complexity index is 495. The summed E-state index contributed by atoms with van der Waals surface area (Å²) in [6.45, 7) is 5.41. The summed E-state index contributed by atoms with van der Waals surface area (Å²) in [5, 5.41) is 8.99. The molecule has 104 valence electrons. The van der Waals surface area contributed by atoms with E-state index < -0.39 is 5.97 Å². The smallest absolute Gasteiger partial charge is 0.345 e. The highest BCUT2D eigenvalue weighted by Gasteiger charge is 2.22. The van der Waals surface area contributed by atoms with E-state index in [9.17, 15) is 9.59 Å². The minimum atomic E-state index is -0.893. The highest BCUT2D eigenvalue weighted by Crippen LogP contribution is 2.25. The number of aromatic carboxylic acids is 1. The molecule has 0 saturated carbocycles. The predicted octanol–water partition coefficient (Wildman–Crippen LogP) is 2.90. The van der Waals surface area contributed by atoms with Crippen LogP contribution in [0.1, 0.15) is 46.3 Å². The Morgan fingerprint density at radius 2 is 2.26 bits per heavy atom. The van der Waals surface area contributed by atoms with E-state index in [-0.39, 0.29) is 5.91 Å². The molecule has 0 radical (unpaired) electrons. The van der Waals surface area contributed by atoms with Crippen molar-refractivity contribution in [3.05, 3.63) is 21.4 Å². The summed E-state index contributed by atoms with van der Waals surface area (Å²) in [7, 11) is 0. The van der Waals surface area contributed by atoms with Crippen molar-refractivity contribution in [2.45, 2.75) is 39.7 Å². The predicted molar refractivity (Wildman–Crippen MR) is 74.4 cm³/mol. The first-order valence-corrected chi connectivity index (χ1v) is 7.39. The van der Waals surface area contributed by atoms with Crippen molar-refractivity contribution >= 4 is 23.2 Å². The standard InChI is InChI=1S/C14H19NO3S/c1-9-3-4-13(16)15(6-5-9)8-11-7-12(14(17)18)19-10(11)2/h7,9H,3-6,8H2,1-2H3,(H,17,18). The maximum absolute atomic E-state index is 12.0. The molecule has 1 aromatic rings. The number of carbonyl (C=O) groups is 2. The molecule has 4 nitrogen and oxygen atoms in total. The normalized spacial score (nSPS) is 20.4. The lowest BCUT2D eigenvalue weighted by molar-refractivity contribution is -0.131. The van der Waals surface area contributed by atoms with E-state index >= 15 is 0 Å². The van der Waals surface area contributed by atoms with Crippen LogP contribution in [0.2, 0.25) is 0 Å². The summed E-state index contributed by atoms with van der Waals surface area (Å²) >= 11 is 1.28. The molecule has 1 saturated heterocycles. The van der Waals surface area contributed by atoms with Gasteiger partial charge in [0.05, 0.1) is 0 Å². The van der Waals surface area contributed by atoms with Crippen LogP contribution in [0.4, 0.5) is 0 Å². The van der Waals surface area contributed by atoms with Crippen LogP contribution in [0.3, 0.4) is 0 Å². The largest absolute Gasteiger partial charge is 0.477 e. The van der Waals surface area contributed by atoms with Crippen LogP contribution in [-0.4, -0.2) is 28.4 Å². The second-order valence-electron chi connectivity index (χ2n) is 5.25. The van der Waals surface area contributed by atoms with Crippen molar-refractivity contribution in [3.63, 3.8) is 0 Å². The molecule has 0 aromatic carbocycles. The van der Waals surface area contributed by atoms with Gasteiger partial charge in [-0.15, -0.1) is 11.3 Å². The van der Waals surface area contributed by atoms with E-state index in [0.29, 0.717) is 23.8 Å². The molecule has 0 aliphatic carbocycles. The van der Waals surface area contributed by atoms with Gasteiger partial charge < -0.3 is 10.0 Å². The molecular formula is C14H19NO3S. The van der Waals surface area contributed by atoms with Gasteiger partial charge in [-0.3, -0.25) is 4.79 Å². The Morgan fingerprint density at radius 3 is 2.89 bits per heavy atom. The molecule has 1 unspecified atom stereocenters. The first kappa shape index (κ1) is 14.1. The fourth-order valence-corrected chi connectivity index (χ4v) is 3.20. The van der Waals surface area contributed by atoms with Crippen LogP contribution < -0.4 is 0 Å². The molecule has 0 spiro atoms. The molecular weight excluding hydrogens is 262 g/mol. The van der Waals surface area contributed by atoms with E-state index in [1.807, 2.05) is 11.8 Å². The van der Waals surface area contributed by atoms with Crippen LogP contribution in [0, 0.1) is 12.8 Å². The fourth-order valence-electron chi connectivity index (χ4n) is 2.33. The number of aryl methyl sites for hydroxylation is 1. The third kappa shape index (κ3) is 3.35. The monoisotopic (exact) mass is 281 g/mol. The van der Waals surface area contributed by atoms with Gasteiger partial charge in [0.25, 0.3) is 0 Å². The van der Waals surface area contributed by atoms with Gasteiger partial charge >= 0.3 is 5.97 Å².